The van der Waals surface area contributed by atoms with Crippen molar-refractivity contribution >= 4 is 18.2 Å². The lowest BCUT2D eigenvalue weighted by Crippen LogP contribution is -2.40. The molecular weight excluding hydrogens is 316 g/mol. The number of piperidine rings is 1. The van der Waals surface area contributed by atoms with Crippen LogP contribution in [0.1, 0.15) is 45.6 Å². The van der Waals surface area contributed by atoms with Gasteiger partial charge in [0.15, 0.2) is 0 Å². The maximum atomic E-state index is 12.0. The molecule has 7 nitrogen and oxygen atoms in total. The van der Waals surface area contributed by atoms with Crippen molar-refractivity contribution in [2.45, 2.75) is 51.6 Å². The van der Waals surface area contributed by atoms with E-state index >= 15 is 0 Å². The molecule has 3 rings (SSSR count). The van der Waals surface area contributed by atoms with Gasteiger partial charge in [0.05, 0.1) is 12.5 Å². The standard InChI is InChI=1S/C15H24N4O3S/c1-11(2)18-9-14(16-10-18)21-23-22-19-7-5-12(6-8-19)15(20)17-13-3-4-13/h9-13H,3-8H2,1-2H3,(H,17,20). The minimum absolute atomic E-state index is 0.114. The zero-order valence-electron chi connectivity index (χ0n) is 13.6. The zero-order valence-corrected chi connectivity index (χ0v) is 14.4. The van der Waals surface area contributed by atoms with Gasteiger partial charge in [-0.3, -0.25) is 4.79 Å². The summed E-state index contributed by atoms with van der Waals surface area (Å²) >= 11 is 0.918. The second-order valence-electron chi connectivity index (χ2n) is 6.46. The van der Waals surface area contributed by atoms with Crippen LogP contribution in [0.3, 0.4) is 0 Å². The summed E-state index contributed by atoms with van der Waals surface area (Å²) in [5, 5.41) is 4.91. The molecule has 2 heterocycles. The minimum atomic E-state index is 0.114. The van der Waals surface area contributed by atoms with E-state index in [0.29, 0.717) is 18.0 Å². The SMILES string of the molecule is CC(C)n1cnc(OSON2CCC(C(=O)NC3CC3)CC2)c1. The van der Waals surface area contributed by atoms with Crippen LogP contribution in [0.15, 0.2) is 12.5 Å². The first kappa shape index (κ1) is 16.6. The molecule has 1 aliphatic heterocycles. The van der Waals surface area contributed by atoms with E-state index in [9.17, 15) is 4.79 Å². The molecule has 1 amide bonds. The fourth-order valence-electron chi connectivity index (χ4n) is 2.48. The van der Waals surface area contributed by atoms with Crippen LogP contribution in [-0.4, -0.2) is 39.7 Å². The third-order valence-electron chi connectivity index (χ3n) is 4.18. The first-order valence-electron chi connectivity index (χ1n) is 8.22. The van der Waals surface area contributed by atoms with Gasteiger partial charge in [0.1, 0.15) is 0 Å². The Kier molecular flexibility index (Phi) is 5.45. The zero-order chi connectivity index (χ0) is 16.2. The van der Waals surface area contributed by atoms with Gasteiger partial charge in [0.25, 0.3) is 0 Å². The molecule has 2 aliphatic rings. The second kappa shape index (κ2) is 7.55. The van der Waals surface area contributed by atoms with Crippen LogP contribution < -0.4 is 9.50 Å². The second-order valence-corrected chi connectivity index (χ2v) is 6.92. The number of carbonyl (C=O) groups excluding carboxylic acids is 1. The Hall–Kier alpha value is -1.25. The molecule has 1 saturated carbocycles. The lowest BCUT2D eigenvalue weighted by molar-refractivity contribution is -0.130. The maximum absolute atomic E-state index is 12.0. The Morgan fingerprint density at radius 2 is 2.09 bits per heavy atom. The number of hydrogen-bond acceptors (Lipinski definition) is 6. The first-order chi connectivity index (χ1) is 11.1. The summed E-state index contributed by atoms with van der Waals surface area (Å²) in [7, 11) is 0. The van der Waals surface area contributed by atoms with Crippen molar-refractivity contribution < 1.29 is 13.3 Å². The highest BCUT2D eigenvalue weighted by Gasteiger charge is 2.30. The Morgan fingerprint density at radius 1 is 1.35 bits per heavy atom. The monoisotopic (exact) mass is 340 g/mol. The Labute approximate surface area is 141 Å². The number of rotatable bonds is 7. The molecule has 0 spiro atoms. The highest BCUT2D eigenvalue weighted by molar-refractivity contribution is 7.90. The third-order valence-corrected chi connectivity index (χ3v) is 4.69. The number of amides is 1. The summed E-state index contributed by atoms with van der Waals surface area (Å²) in [6, 6.07) is 0.790. The number of imidazole rings is 1. The number of carbonyl (C=O) groups is 1. The highest BCUT2D eigenvalue weighted by Crippen LogP contribution is 2.24. The lowest BCUT2D eigenvalue weighted by atomic mass is 9.97. The highest BCUT2D eigenvalue weighted by atomic mass is 32.2. The smallest absolute Gasteiger partial charge is 0.248 e. The predicted molar refractivity (Wildman–Crippen MR) is 87.4 cm³/mol. The van der Waals surface area contributed by atoms with Gasteiger partial charge in [-0.05, 0) is 39.5 Å². The molecule has 8 heteroatoms. The summed E-state index contributed by atoms with van der Waals surface area (Å²) in [5.74, 6) is 0.848. The van der Waals surface area contributed by atoms with Crippen molar-refractivity contribution in [3.05, 3.63) is 12.5 Å². The van der Waals surface area contributed by atoms with Crippen LogP contribution >= 0.6 is 12.3 Å². The van der Waals surface area contributed by atoms with E-state index in [1.165, 1.54) is 0 Å². The summed E-state index contributed by atoms with van der Waals surface area (Å²) in [5.41, 5.74) is 0. The van der Waals surface area contributed by atoms with Crippen molar-refractivity contribution in [3.63, 3.8) is 0 Å². The van der Waals surface area contributed by atoms with Crippen molar-refractivity contribution in [1.29, 1.82) is 0 Å². The molecule has 2 fully saturated rings. The van der Waals surface area contributed by atoms with E-state index in [1.807, 2.05) is 15.8 Å². The van der Waals surface area contributed by atoms with Gasteiger partial charge in [-0.25, -0.2) is 4.98 Å². The van der Waals surface area contributed by atoms with Gasteiger partial charge in [-0.15, -0.1) is 0 Å². The van der Waals surface area contributed by atoms with Crippen LogP contribution in [0.25, 0.3) is 0 Å². The predicted octanol–water partition coefficient (Wildman–Crippen LogP) is 2.33. The maximum Gasteiger partial charge on any atom is 0.248 e. The molecule has 1 aliphatic carbocycles. The molecule has 1 aromatic rings. The Balaban J connectivity index is 1.33. The van der Waals surface area contributed by atoms with Crippen LogP contribution in [0.2, 0.25) is 0 Å². The van der Waals surface area contributed by atoms with E-state index < -0.39 is 0 Å². The van der Waals surface area contributed by atoms with Crippen molar-refractivity contribution in [2.24, 2.45) is 5.92 Å². The van der Waals surface area contributed by atoms with E-state index in [-0.39, 0.29) is 11.8 Å². The normalized spacial score (nSPS) is 20.0. The molecule has 0 radical (unpaired) electrons. The Bertz CT molecular complexity index is 525. The fourth-order valence-corrected chi connectivity index (χ4v) is 2.90. The molecule has 0 bridgehead atoms. The molecule has 0 aromatic carbocycles. The van der Waals surface area contributed by atoms with Crippen molar-refractivity contribution in [1.82, 2.24) is 19.9 Å². The molecule has 1 N–H and O–H groups in total. The van der Waals surface area contributed by atoms with Crippen LogP contribution in [0, 0.1) is 5.92 Å². The molecule has 23 heavy (non-hydrogen) atoms. The van der Waals surface area contributed by atoms with Gasteiger partial charge < -0.3 is 14.1 Å². The number of hydroxylamine groups is 2. The van der Waals surface area contributed by atoms with Gasteiger partial charge in [0, 0.05) is 31.1 Å². The topological polar surface area (TPSA) is 68.6 Å². The van der Waals surface area contributed by atoms with Gasteiger partial charge in [-0.2, -0.15) is 9.35 Å². The summed E-state index contributed by atoms with van der Waals surface area (Å²) < 4.78 is 12.9. The summed E-state index contributed by atoms with van der Waals surface area (Å²) in [6.45, 7) is 5.64. The molecule has 1 aromatic heterocycles. The first-order valence-corrected chi connectivity index (χ1v) is 8.88. The van der Waals surface area contributed by atoms with Crippen LogP contribution in [-0.2, 0) is 9.08 Å². The number of aromatic nitrogens is 2. The lowest BCUT2D eigenvalue weighted by Gasteiger charge is -2.28. The molecular formula is C15H24N4O3S. The largest absolute Gasteiger partial charge is 0.377 e. The van der Waals surface area contributed by atoms with E-state index in [1.54, 1.807) is 6.33 Å². The van der Waals surface area contributed by atoms with Gasteiger partial charge in [-0.1, -0.05) is 0 Å². The number of nitrogens with one attached hydrogen (secondary N) is 1. The van der Waals surface area contributed by atoms with Crippen molar-refractivity contribution in [3.8, 4) is 5.88 Å². The van der Waals surface area contributed by atoms with Crippen LogP contribution in [0.5, 0.6) is 5.88 Å². The average molecular weight is 340 g/mol. The number of nitrogens with zero attached hydrogens (tertiary/aromatic N) is 3. The third kappa shape index (κ3) is 4.86. The van der Waals surface area contributed by atoms with Gasteiger partial charge in [0.2, 0.25) is 24.1 Å². The average Bonchev–Trinajstić information content (AvgIpc) is 3.22. The van der Waals surface area contributed by atoms with E-state index in [2.05, 4.69) is 24.1 Å². The van der Waals surface area contributed by atoms with E-state index in [4.69, 9.17) is 8.47 Å². The molecule has 128 valence electrons. The fraction of sp³-hybridized carbons (Fsp3) is 0.733. The number of hydrogen-bond donors (Lipinski definition) is 1. The molecule has 0 unspecified atom stereocenters. The molecule has 1 saturated heterocycles. The quantitative estimate of drug-likeness (QED) is 0.768. The van der Waals surface area contributed by atoms with E-state index in [0.717, 1.165) is 51.1 Å². The summed E-state index contributed by atoms with van der Waals surface area (Å²) in [4.78, 5) is 16.2. The van der Waals surface area contributed by atoms with Gasteiger partial charge >= 0.3 is 0 Å². The molecule has 0 atom stereocenters. The summed E-state index contributed by atoms with van der Waals surface area (Å²) in [6.07, 6.45) is 7.49. The van der Waals surface area contributed by atoms with Crippen LogP contribution in [0.4, 0.5) is 0 Å². The van der Waals surface area contributed by atoms with Crippen molar-refractivity contribution in [2.75, 3.05) is 13.1 Å². The Morgan fingerprint density at radius 3 is 2.70 bits per heavy atom. The minimum Gasteiger partial charge on any atom is -0.377 e.